The van der Waals surface area contributed by atoms with Gasteiger partial charge < -0.3 is 15.0 Å². The molecular formula is C22H30IN5OS2. The Morgan fingerprint density at radius 1 is 1.13 bits per heavy atom. The number of guanidine groups is 1. The number of nitrogens with zero attached hydrogens (tertiary/aromatic N) is 4. The SMILES string of the molecule is CN=C(NCc1csc(CCc2ccccc2)n1)N(C)Cc1csc(C(C)OC)n1.I. The summed E-state index contributed by atoms with van der Waals surface area (Å²) >= 11 is 3.35. The van der Waals surface area contributed by atoms with E-state index in [0.717, 1.165) is 35.2 Å². The Morgan fingerprint density at radius 2 is 1.87 bits per heavy atom. The van der Waals surface area contributed by atoms with Crippen molar-refractivity contribution in [1.82, 2.24) is 20.2 Å². The second-order valence-corrected chi connectivity index (χ2v) is 8.86. The maximum absolute atomic E-state index is 5.35. The van der Waals surface area contributed by atoms with E-state index in [1.54, 1.807) is 36.8 Å². The average molecular weight is 572 g/mol. The Kier molecular flexibility index (Phi) is 10.9. The molecule has 0 aliphatic rings. The fourth-order valence-electron chi connectivity index (χ4n) is 3.00. The summed E-state index contributed by atoms with van der Waals surface area (Å²) in [5.74, 6) is 0.822. The summed E-state index contributed by atoms with van der Waals surface area (Å²) in [6.07, 6.45) is 2.01. The Balaban J connectivity index is 0.00000341. The topological polar surface area (TPSA) is 62.6 Å². The van der Waals surface area contributed by atoms with Gasteiger partial charge in [0.2, 0.25) is 0 Å². The minimum Gasteiger partial charge on any atom is -0.375 e. The highest BCUT2D eigenvalue weighted by molar-refractivity contribution is 14.0. The lowest BCUT2D eigenvalue weighted by Crippen LogP contribution is -2.38. The number of aromatic nitrogens is 2. The Labute approximate surface area is 209 Å². The molecule has 168 valence electrons. The highest BCUT2D eigenvalue weighted by Gasteiger charge is 2.13. The Morgan fingerprint density at radius 3 is 2.58 bits per heavy atom. The van der Waals surface area contributed by atoms with Crippen molar-refractivity contribution in [3.63, 3.8) is 0 Å². The zero-order valence-electron chi connectivity index (χ0n) is 18.4. The van der Waals surface area contributed by atoms with Gasteiger partial charge in [-0.25, -0.2) is 9.97 Å². The molecule has 3 aromatic rings. The molecule has 6 nitrogen and oxygen atoms in total. The van der Waals surface area contributed by atoms with Crippen LogP contribution in [0.15, 0.2) is 46.1 Å². The quantitative estimate of drug-likeness (QED) is 0.225. The summed E-state index contributed by atoms with van der Waals surface area (Å²) in [5.41, 5.74) is 3.41. The molecule has 9 heteroatoms. The molecule has 1 atom stereocenters. The normalized spacial score (nSPS) is 12.3. The summed E-state index contributed by atoms with van der Waals surface area (Å²) in [5, 5.41) is 9.77. The van der Waals surface area contributed by atoms with Crippen molar-refractivity contribution in [2.24, 2.45) is 4.99 Å². The molecule has 2 heterocycles. The molecule has 0 saturated carbocycles. The van der Waals surface area contributed by atoms with E-state index in [9.17, 15) is 0 Å². The molecule has 0 saturated heterocycles. The minimum absolute atomic E-state index is 0. The number of aliphatic imine (C=N–C) groups is 1. The maximum Gasteiger partial charge on any atom is 0.194 e. The molecule has 1 aromatic carbocycles. The third-order valence-corrected chi connectivity index (χ3v) is 6.75. The minimum atomic E-state index is 0. The fourth-order valence-corrected chi connectivity index (χ4v) is 4.64. The summed E-state index contributed by atoms with van der Waals surface area (Å²) in [4.78, 5) is 15.9. The van der Waals surface area contributed by atoms with Crippen LogP contribution >= 0.6 is 46.7 Å². The number of hydrogen-bond donors (Lipinski definition) is 1. The second-order valence-electron chi connectivity index (χ2n) is 7.03. The zero-order valence-corrected chi connectivity index (χ0v) is 22.3. The Bertz CT molecular complexity index is 944. The van der Waals surface area contributed by atoms with Crippen molar-refractivity contribution in [1.29, 1.82) is 0 Å². The van der Waals surface area contributed by atoms with Crippen molar-refractivity contribution in [2.75, 3.05) is 21.2 Å². The van der Waals surface area contributed by atoms with E-state index >= 15 is 0 Å². The van der Waals surface area contributed by atoms with Gasteiger partial charge >= 0.3 is 0 Å². The Hall–Kier alpha value is -1.56. The molecule has 3 rings (SSSR count). The highest BCUT2D eigenvalue weighted by Crippen LogP contribution is 2.21. The van der Waals surface area contributed by atoms with E-state index in [2.05, 4.69) is 55.2 Å². The lowest BCUT2D eigenvalue weighted by molar-refractivity contribution is 0.119. The molecule has 1 unspecified atom stereocenters. The van der Waals surface area contributed by atoms with Crippen molar-refractivity contribution >= 4 is 52.6 Å². The van der Waals surface area contributed by atoms with Crippen LogP contribution in [-0.4, -0.2) is 42.0 Å². The predicted octanol–water partition coefficient (Wildman–Crippen LogP) is 4.92. The van der Waals surface area contributed by atoms with Gasteiger partial charge in [-0.05, 0) is 18.9 Å². The first kappa shape index (κ1) is 25.7. The number of aryl methyl sites for hydroxylation is 2. The third kappa shape index (κ3) is 7.81. The molecule has 0 fully saturated rings. The highest BCUT2D eigenvalue weighted by atomic mass is 127. The number of halogens is 1. The first-order chi connectivity index (χ1) is 14.6. The number of ether oxygens (including phenoxy) is 1. The van der Waals surface area contributed by atoms with Crippen LogP contribution in [-0.2, 0) is 30.7 Å². The van der Waals surface area contributed by atoms with E-state index in [4.69, 9.17) is 9.72 Å². The van der Waals surface area contributed by atoms with Gasteiger partial charge in [0.05, 0.1) is 29.5 Å². The number of nitrogens with one attached hydrogen (secondary N) is 1. The molecule has 2 aromatic heterocycles. The third-order valence-electron chi connectivity index (χ3n) is 4.74. The summed E-state index contributed by atoms with van der Waals surface area (Å²) < 4.78 is 5.35. The number of methoxy groups -OCH3 is 1. The average Bonchev–Trinajstić information content (AvgIpc) is 3.42. The number of rotatable bonds is 9. The molecule has 0 aliphatic carbocycles. The molecule has 0 aliphatic heterocycles. The van der Waals surface area contributed by atoms with Gasteiger partial charge in [-0.2, -0.15) is 0 Å². The van der Waals surface area contributed by atoms with Crippen molar-refractivity contribution < 1.29 is 4.74 Å². The fraction of sp³-hybridized carbons (Fsp3) is 0.409. The number of thiazole rings is 2. The molecule has 0 radical (unpaired) electrons. The van der Waals surface area contributed by atoms with Gasteiger partial charge in [-0.3, -0.25) is 4.99 Å². The van der Waals surface area contributed by atoms with Crippen LogP contribution in [0.5, 0.6) is 0 Å². The van der Waals surface area contributed by atoms with Gasteiger partial charge in [0.1, 0.15) is 11.1 Å². The van der Waals surface area contributed by atoms with Crippen LogP contribution in [0.25, 0.3) is 0 Å². The lowest BCUT2D eigenvalue weighted by atomic mass is 10.1. The van der Waals surface area contributed by atoms with Gasteiger partial charge in [0, 0.05) is 38.4 Å². The zero-order chi connectivity index (χ0) is 21.3. The molecule has 0 spiro atoms. The van der Waals surface area contributed by atoms with E-state index in [1.807, 2.05) is 20.0 Å². The van der Waals surface area contributed by atoms with Gasteiger partial charge in [0.25, 0.3) is 0 Å². The van der Waals surface area contributed by atoms with Gasteiger partial charge in [-0.15, -0.1) is 46.7 Å². The number of benzene rings is 1. The van der Waals surface area contributed by atoms with Crippen molar-refractivity contribution in [3.05, 3.63) is 68.1 Å². The van der Waals surface area contributed by atoms with E-state index in [1.165, 1.54) is 10.6 Å². The summed E-state index contributed by atoms with van der Waals surface area (Å²) in [6, 6.07) is 10.5. The standard InChI is InChI=1S/C22H29N5OS2.HI/c1-16(28-4)21-26-19(15-30-21)13-27(3)22(23-2)24-12-18-14-29-20(25-18)11-10-17-8-6-5-7-9-17;/h5-9,14-16H,10-13H2,1-4H3,(H,23,24);1H. The molecule has 31 heavy (non-hydrogen) atoms. The van der Waals surface area contributed by atoms with Gasteiger partial charge in [0.15, 0.2) is 5.96 Å². The van der Waals surface area contributed by atoms with Crippen LogP contribution < -0.4 is 5.32 Å². The van der Waals surface area contributed by atoms with Crippen LogP contribution in [0, 0.1) is 0 Å². The van der Waals surface area contributed by atoms with Crippen molar-refractivity contribution in [3.8, 4) is 0 Å². The number of hydrogen-bond acceptors (Lipinski definition) is 6. The molecular weight excluding hydrogens is 541 g/mol. The molecule has 1 N–H and O–H groups in total. The molecule has 0 amide bonds. The largest absolute Gasteiger partial charge is 0.375 e. The maximum atomic E-state index is 5.35. The van der Waals surface area contributed by atoms with E-state index in [-0.39, 0.29) is 30.1 Å². The molecule has 0 bridgehead atoms. The van der Waals surface area contributed by atoms with Crippen LogP contribution in [0.1, 0.15) is 40.0 Å². The van der Waals surface area contributed by atoms with E-state index in [0.29, 0.717) is 13.1 Å². The van der Waals surface area contributed by atoms with Crippen LogP contribution in [0.3, 0.4) is 0 Å². The predicted molar refractivity (Wildman–Crippen MR) is 141 cm³/mol. The second kappa shape index (κ2) is 13.1. The smallest absolute Gasteiger partial charge is 0.194 e. The first-order valence-corrected chi connectivity index (χ1v) is 11.7. The van der Waals surface area contributed by atoms with Crippen LogP contribution in [0.4, 0.5) is 0 Å². The van der Waals surface area contributed by atoms with E-state index < -0.39 is 0 Å². The summed E-state index contributed by atoms with van der Waals surface area (Å²) in [7, 11) is 5.51. The first-order valence-electron chi connectivity index (χ1n) is 9.95. The van der Waals surface area contributed by atoms with Gasteiger partial charge in [-0.1, -0.05) is 30.3 Å². The summed E-state index contributed by atoms with van der Waals surface area (Å²) in [6.45, 7) is 3.35. The van der Waals surface area contributed by atoms with Crippen molar-refractivity contribution in [2.45, 2.75) is 39.0 Å². The van der Waals surface area contributed by atoms with Crippen LogP contribution in [0.2, 0.25) is 0 Å². The monoisotopic (exact) mass is 571 g/mol. The lowest BCUT2D eigenvalue weighted by Gasteiger charge is -2.20.